The van der Waals surface area contributed by atoms with Crippen LogP contribution in [0.1, 0.15) is 57.3 Å². The van der Waals surface area contributed by atoms with Crippen molar-refractivity contribution in [3.63, 3.8) is 0 Å². The summed E-state index contributed by atoms with van der Waals surface area (Å²) in [5.74, 6) is 0.649. The molecule has 1 rings (SSSR count). The molecule has 2 amide bonds. The Morgan fingerprint density at radius 3 is 1.92 bits per heavy atom. The Labute approximate surface area is 149 Å². The molecule has 1 aromatic carbocycles. The second kappa shape index (κ2) is 11.2. The van der Waals surface area contributed by atoms with Crippen LogP contribution in [0, 0.1) is 0 Å². The Morgan fingerprint density at radius 1 is 0.880 bits per heavy atom. The van der Waals surface area contributed by atoms with Crippen LogP contribution in [0.4, 0.5) is 0 Å². The van der Waals surface area contributed by atoms with Gasteiger partial charge in [-0.25, -0.2) is 0 Å². The largest absolute Gasteiger partial charge is 0.490 e. The zero-order valence-corrected chi connectivity index (χ0v) is 15.4. The Balaban J connectivity index is 2.97. The molecule has 0 saturated heterocycles. The Bertz CT molecular complexity index is 548. The molecule has 0 heterocycles. The third kappa shape index (κ3) is 6.52. The molecule has 0 atom stereocenters. The highest BCUT2D eigenvalue weighted by atomic mass is 16.5. The number of amides is 2. The first-order chi connectivity index (χ1) is 12.1. The Kier molecular flexibility index (Phi) is 9.21. The van der Waals surface area contributed by atoms with Gasteiger partial charge < -0.3 is 14.2 Å². The minimum atomic E-state index is -0.449. The molecule has 1 aromatic rings. The van der Waals surface area contributed by atoms with Gasteiger partial charge in [-0.05, 0) is 39.3 Å². The maximum absolute atomic E-state index is 12.3. The summed E-state index contributed by atoms with van der Waals surface area (Å²) < 4.78 is 16.7. The summed E-state index contributed by atoms with van der Waals surface area (Å²) in [5, 5.41) is 0. The predicted octanol–water partition coefficient (Wildman–Crippen LogP) is 2.83. The molecule has 0 aliphatic rings. The van der Waals surface area contributed by atoms with Gasteiger partial charge in [-0.1, -0.05) is 13.3 Å². The van der Waals surface area contributed by atoms with Gasteiger partial charge in [0.15, 0.2) is 11.5 Å². The minimum absolute atomic E-state index is 0.226. The summed E-state index contributed by atoms with van der Waals surface area (Å²) in [6.45, 7) is 8.83. The summed E-state index contributed by atoms with van der Waals surface area (Å²) in [6.07, 6.45) is 2.05. The van der Waals surface area contributed by atoms with Gasteiger partial charge in [-0.2, -0.15) is 0 Å². The van der Waals surface area contributed by atoms with Crippen molar-refractivity contribution in [3.8, 4) is 17.2 Å². The Hall–Kier alpha value is -2.44. The molecule has 0 fully saturated rings. The SMILES string of the molecule is CCCCC(=O)NNC(=O)c1cc(OCC)c(OCC)c(OCC)c1. The molecule has 0 spiro atoms. The fraction of sp³-hybridized carbons (Fsp3) is 0.556. The number of hydrogen-bond acceptors (Lipinski definition) is 5. The van der Waals surface area contributed by atoms with Gasteiger partial charge in [0.1, 0.15) is 0 Å². The van der Waals surface area contributed by atoms with Gasteiger partial charge in [-0.15, -0.1) is 0 Å². The zero-order chi connectivity index (χ0) is 18.7. The predicted molar refractivity (Wildman–Crippen MR) is 95.1 cm³/mol. The first-order valence-corrected chi connectivity index (χ1v) is 8.72. The van der Waals surface area contributed by atoms with Crippen molar-refractivity contribution in [2.45, 2.75) is 47.0 Å². The van der Waals surface area contributed by atoms with E-state index in [9.17, 15) is 9.59 Å². The number of ether oxygens (including phenoxy) is 3. The number of hydrazine groups is 1. The van der Waals surface area contributed by atoms with Crippen molar-refractivity contribution in [1.82, 2.24) is 10.9 Å². The lowest BCUT2D eigenvalue weighted by Gasteiger charge is -2.17. The molecule has 0 aliphatic heterocycles. The van der Waals surface area contributed by atoms with Crippen LogP contribution in [0.15, 0.2) is 12.1 Å². The smallest absolute Gasteiger partial charge is 0.269 e. The van der Waals surface area contributed by atoms with E-state index in [0.717, 1.165) is 12.8 Å². The van der Waals surface area contributed by atoms with E-state index >= 15 is 0 Å². The van der Waals surface area contributed by atoms with Crippen LogP contribution in [-0.4, -0.2) is 31.6 Å². The third-order valence-corrected chi connectivity index (χ3v) is 3.24. The molecular formula is C18H28N2O5. The van der Waals surface area contributed by atoms with Gasteiger partial charge in [0.05, 0.1) is 19.8 Å². The normalized spacial score (nSPS) is 10.1. The van der Waals surface area contributed by atoms with Crippen molar-refractivity contribution in [3.05, 3.63) is 17.7 Å². The van der Waals surface area contributed by atoms with Gasteiger partial charge in [0.2, 0.25) is 11.7 Å². The number of hydrogen-bond donors (Lipinski definition) is 2. The summed E-state index contributed by atoms with van der Waals surface area (Å²) in [5.41, 5.74) is 5.13. The highest BCUT2D eigenvalue weighted by Crippen LogP contribution is 2.39. The molecule has 0 radical (unpaired) electrons. The number of unbranched alkanes of at least 4 members (excludes halogenated alkanes) is 1. The fourth-order valence-corrected chi connectivity index (χ4v) is 2.12. The van der Waals surface area contributed by atoms with Crippen LogP contribution in [0.2, 0.25) is 0 Å². The van der Waals surface area contributed by atoms with Crippen LogP contribution >= 0.6 is 0 Å². The van der Waals surface area contributed by atoms with Crippen molar-refractivity contribution >= 4 is 11.8 Å². The van der Waals surface area contributed by atoms with Crippen molar-refractivity contribution < 1.29 is 23.8 Å². The van der Waals surface area contributed by atoms with Gasteiger partial charge >= 0.3 is 0 Å². The monoisotopic (exact) mass is 352 g/mol. The van der Waals surface area contributed by atoms with E-state index in [1.165, 1.54) is 0 Å². The molecule has 0 saturated carbocycles. The number of carbonyl (C=O) groups is 2. The average molecular weight is 352 g/mol. The highest BCUT2D eigenvalue weighted by molar-refractivity contribution is 5.96. The van der Waals surface area contributed by atoms with E-state index in [1.54, 1.807) is 12.1 Å². The van der Waals surface area contributed by atoms with Crippen LogP contribution in [0.5, 0.6) is 17.2 Å². The molecule has 7 heteroatoms. The second-order valence-corrected chi connectivity index (χ2v) is 5.21. The van der Waals surface area contributed by atoms with E-state index in [1.807, 2.05) is 27.7 Å². The molecule has 140 valence electrons. The number of carbonyl (C=O) groups excluding carboxylic acids is 2. The van der Waals surface area contributed by atoms with Crippen LogP contribution in [0.3, 0.4) is 0 Å². The maximum atomic E-state index is 12.3. The summed E-state index contributed by atoms with van der Waals surface area (Å²) in [4.78, 5) is 23.9. The molecule has 25 heavy (non-hydrogen) atoms. The molecule has 7 nitrogen and oxygen atoms in total. The lowest BCUT2D eigenvalue weighted by atomic mass is 10.1. The van der Waals surface area contributed by atoms with Crippen LogP contribution < -0.4 is 25.1 Å². The van der Waals surface area contributed by atoms with E-state index in [0.29, 0.717) is 49.1 Å². The van der Waals surface area contributed by atoms with Gasteiger partial charge in [0, 0.05) is 12.0 Å². The van der Waals surface area contributed by atoms with Gasteiger partial charge in [-0.3, -0.25) is 20.4 Å². The summed E-state index contributed by atoms with van der Waals surface area (Å²) in [7, 11) is 0. The Morgan fingerprint density at radius 2 is 1.44 bits per heavy atom. The highest BCUT2D eigenvalue weighted by Gasteiger charge is 2.18. The maximum Gasteiger partial charge on any atom is 0.269 e. The number of benzene rings is 1. The number of rotatable bonds is 10. The molecular weight excluding hydrogens is 324 g/mol. The quantitative estimate of drug-likeness (QED) is 0.633. The average Bonchev–Trinajstić information content (AvgIpc) is 2.60. The summed E-state index contributed by atoms with van der Waals surface area (Å²) in [6, 6.07) is 3.15. The zero-order valence-electron chi connectivity index (χ0n) is 15.4. The van der Waals surface area contributed by atoms with Gasteiger partial charge in [0.25, 0.3) is 5.91 Å². The second-order valence-electron chi connectivity index (χ2n) is 5.21. The molecule has 0 aromatic heterocycles. The van der Waals surface area contributed by atoms with Crippen LogP contribution in [0.25, 0.3) is 0 Å². The van der Waals surface area contributed by atoms with Crippen molar-refractivity contribution in [2.75, 3.05) is 19.8 Å². The molecule has 0 unspecified atom stereocenters. The molecule has 0 aliphatic carbocycles. The lowest BCUT2D eigenvalue weighted by Crippen LogP contribution is -2.41. The van der Waals surface area contributed by atoms with E-state index in [-0.39, 0.29) is 5.91 Å². The first-order valence-electron chi connectivity index (χ1n) is 8.72. The van der Waals surface area contributed by atoms with Crippen molar-refractivity contribution in [2.24, 2.45) is 0 Å². The van der Waals surface area contributed by atoms with Crippen molar-refractivity contribution in [1.29, 1.82) is 0 Å². The summed E-state index contributed by atoms with van der Waals surface area (Å²) >= 11 is 0. The topological polar surface area (TPSA) is 85.9 Å². The molecule has 0 bridgehead atoms. The molecule has 2 N–H and O–H groups in total. The van der Waals surface area contributed by atoms with Crippen LogP contribution in [-0.2, 0) is 4.79 Å². The standard InChI is InChI=1S/C18H28N2O5/c1-5-9-10-16(21)19-20-18(22)13-11-14(23-6-2)17(25-8-4)15(12-13)24-7-3/h11-12H,5-10H2,1-4H3,(H,19,21)(H,20,22). The fourth-order valence-electron chi connectivity index (χ4n) is 2.12. The first kappa shape index (κ1) is 20.6. The lowest BCUT2D eigenvalue weighted by molar-refractivity contribution is -0.121. The number of nitrogens with one attached hydrogen (secondary N) is 2. The van der Waals surface area contributed by atoms with E-state index in [2.05, 4.69) is 10.9 Å². The van der Waals surface area contributed by atoms with E-state index < -0.39 is 5.91 Å². The third-order valence-electron chi connectivity index (χ3n) is 3.24. The minimum Gasteiger partial charge on any atom is -0.490 e. The van der Waals surface area contributed by atoms with E-state index in [4.69, 9.17) is 14.2 Å².